The van der Waals surface area contributed by atoms with Gasteiger partial charge < -0.3 is 4.74 Å². The largest absolute Gasteiger partial charge is 0.477 e. The summed E-state index contributed by atoms with van der Waals surface area (Å²) in [5.74, 6) is 0.635. The van der Waals surface area contributed by atoms with Crippen molar-refractivity contribution in [1.29, 1.82) is 0 Å². The van der Waals surface area contributed by atoms with Crippen molar-refractivity contribution in [1.82, 2.24) is 0 Å². The summed E-state index contributed by atoms with van der Waals surface area (Å²) in [7, 11) is 0. The van der Waals surface area contributed by atoms with Gasteiger partial charge in [0.1, 0.15) is 10.7 Å². The zero-order valence-electron chi connectivity index (χ0n) is 11.3. The van der Waals surface area contributed by atoms with Gasteiger partial charge in [0.25, 0.3) is 0 Å². The van der Waals surface area contributed by atoms with Gasteiger partial charge in [0.2, 0.25) is 0 Å². The summed E-state index contributed by atoms with van der Waals surface area (Å²) in [6.45, 7) is 3.70. The molecule has 0 amide bonds. The standard InChI is InChI=1S/C16H15ClO2S/c1-16(2,20)19-14-9-5-12(6-10-14)15(18)11-3-7-13(17)8-4-11/h3-10,20H,1-2H3. The van der Waals surface area contributed by atoms with Crippen LogP contribution in [0.1, 0.15) is 29.8 Å². The molecule has 2 rings (SSSR count). The first-order chi connectivity index (χ1) is 9.35. The van der Waals surface area contributed by atoms with Crippen LogP contribution in [0.2, 0.25) is 5.02 Å². The van der Waals surface area contributed by atoms with Gasteiger partial charge in [0.15, 0.2) is 5.78 Å². The smallest absolute Gasteiger partial charge is 0.193 e. The molecule has 0 saturated carbocycles. The third-order valence-corrected chi connectivity index (χ3v) is 2.93. The molecular weight excluding hydrogens is 292 g/mol. The lowest BCUT2D eigenvalue weighted by atomic mass is 10.0. The fourth-order valence-electron chi connectivity index (χ4n) is 1.73. The lowest BCUT2D eigenvalue weighted by Crippen LogP contribution is -2.19. The maximum absolute atomic E-state index is 12.3. The average Bonchev–Trinajstić information content (AvgIpc) is 2.38. The number of hydrogen-bond acceptors (Lipinski definition) is 3. The van der Waals surface area contributed by atoms with Gasteiger partial charge >= 0.3 is 0 Å². The van der Waals surface area contributed by atoms with Gasteiger partial charge in [-0.2, -0.15) is 0 Å². The quantitative estimate of drug-likeness (QED) is 0.507. The Hall–Kier alpha value is -1.45. The van der Waals surface area contributed by atoms with Crippen LogP contribution < -0.4 is 4.74 Å². The topological polar surface area (TPSA) is 26.3 Å². The SMILES string of the molecule is CC(C)(S)Oc1ccc(C(=O)c2ccc(Cl)cc2)cc1. The molecule has 0 saturated heterocycles. The Morgan fingerprint density at radius 1 is 1.00 bits per heavy atom. The molecule has 2 nitrogen and oxygen atoms in total. The highest BCUT2D eigenvalue weighted by atomic mass is 35.5. The predicted molar refractivity (Wildman–Crippen MR) is 85.0 cm³/mol. The second-order valence-electron chi connectivity index (χ2n) is 4.91. The van der Waals surface area contributed by atoms with E-state index in [1.54, 1.807) is 48.5 Å². The van der Waals surface area contributed by atoms with Gasteiger partial charge in [-0.25, -0.2) is 0 Å². The van der Waals surface area contributed by atoms with Crippen molar-refractivity contribution in [3.63, 3.8) is 0 Å². The molecule has 0 bridgehead atoms. The van der Waals surface area contributed by atoms with E-state index in [0.717, 1.165) is 0 Å². The Bertz CT molecular complexity index is 598. The van der Waals surface area contributed by atoms with Crippen LogP contribution in [0, 0.1) is 0 Å². The molecule has 20 heavy (non-hydrogen) atoms. The first-order valence-corrected chi connectivity index (χ1v) is 6.99. The summed E-state index contributed by atoms with van der Waals surface area (Å²) in [4.78, 5) is 11.7. The highest BCUT2D eigenvalue weighted by molar-refractivity contribution is 7.81. The number of carbonyl (C=O) groups excluding carboxylic acids is 1. The second kappa shape index (κ2) is 5.90. The highest BCUT2D eigenvalue weighted by Crippen LogP contribution is 2.22. The molecule has 0 aliphatic rings. The molecule has 2 aromatic rings. The average molecular weight is 307 g/mol. The van der Waals surface area contributed by atoms with Gasteiger partial charge in [0, 0.05) is 16.1 Å². The number of thiol groups is 1. The number of ether oxygens (including phenoxy) is 1. The number of benzene rings is 2. The minimum atomic E-state index is -0.554. The molecule has 0 atom stereocenters. The lowest BCUT2D eigenvalue weighted by Gasteiger charge is -2.20. The first-order valence-electron chi connectivity index (χ1n) is 6.17. The van der Waals surface area contributed by atoms with Gasteiger partial charge in [-0.1, -0.05) is 11.6 Å². The van der Waals surface area contributed by atoms with Crippen molar-refractivity contribution >= 4 is 30.0 Å². The van der Waals surface area contributed by atoms with E-state index in [1.165, 1.54) is 0 Å². The van der Waals surface area contributed by atoms with Crippen LogP contribution in [0.15, 0.2) is 48.5 Å². The van der Waals surface area contributed by atoms with Crippen LogP contribution in [0.25, 0.3) is 0 Å². The van der Waals surface area contributed by atoms with Crippen molar-refractivity contribution in [3.8, 4) is 5.75 Å². The molecule has 0 fully saturated rings. The maximum atomic E-state index is 12.3. The van der Waals surface area contributed by atoms with Crippen LogP contribution in [0.3, 0.4) is 0 Å². The van der Waals surface area contributed by atoms with Crippen LogP contribution in [0.4, 0.5) is 0 Å². The maximum Gasteiger partial charge on any atom is 0.193 e. The van der Waals surface area contributed by atoms with Crippen molar-refractivity contribution in [3.05, 3.63) is 64.7 Å². The minimum absolute atomic E-state index is 0.0432. The molecule has 0 aromatic heterocycles. The van der Waals surface area contributed by atoms with Gasteiger partial charge in [0.05, 0.1) is 0 Å². The summed E-state index contributed by atoms with van der Waals surface area (Å²) in [6, 6.07) is 13.9. The van der Waals surface area contributed by atoms with E-state index in [4.69, 9.17) is 16.3 Å². The molecule has 0 N–H and O–H groups in total. The van der Waals surface area contributed by atoms with E-state index in [0.29, 0.717) is 21.9 Å². The molecule has 0 radical (unpaired) electrons. The lowest BCUT2D eigenvalue weighted by molar-refractivity contribution is 0.103. The number of halogens is 1. The third kappa shape index (κ3) is 4.02. The Morgan fingerprint density at radius 2 is 1.45 bits per heavy atom. The van der Waals surface area contributed by atoms with E-state index in [1.807, 2.05) is 13.8 Å². The van der Waals surface area contributed by atoms with E-state index in [-0.39, 0.29) is 5.78 Å². The zero-order chi connectivity index (χ0) is 14.8. The molecule has 0 spiro atoms. The van der Waals surface area contributed by atoms with E-state index in [9.17, 15) is 4.79 Å². The van der Waals surface area contributed by atoms with Crippen LogP contribution in [-0.4, -0.2) is 10.7 Å². The Balaban J connectivity index is 2.17. The first kappa shape index (κ1) is 14.9. The summed E-state index contributed by atoms with van der Waals surface area (Å²) in [6.07, 6.45) is 0. The van der Waals surface area contributed by atoms with E-state index >= 15 is 0 Å². The summed E-state index contributed by atoms with van der Waals surface area (Å²) in [5, 5.41) is 0.612. The number of rotatable bonds is 4. The van der Waals surface area contributed by atoms with Gasteiger partial charge in [-0.05, 0) is 62.4 Å². The van der Waals surface area contributed by atoms with E-state index in [2.05, 4.69) is 12.6 Å². The van der Waals surface area contributed by atoms with Crippen molar-refractivity contribution in [2.24, 2.45) is 0 Å². The van der Waals surface area contributed by atoms with Crippen molar-refractivity contribution < 1.29 is 9.53 Å². The minimum Gasteiger partial charge on any atom is -0.477 e. The monoisotopic (exact) mass is 306 g/mol. The Morgan fingerprint density at radius 3 is 1.90 bits per heavy atom. The van der Waals surface area contributed by atoms with E-state index < -0.39 is 4.93 Å². The third-order valence-electron chi connectivity index (χ3n) is 2.59. The Kier molecular flexibility index (Phi) is 4.41. The van der Waals surface area contributed by atoms with Crippen LogP contribution in [-0.2, 0) is 0 Å². The molecular formula is C16H15ClO2S. The Labute approximate surface area is 129 Å². The van der Waals surface area contributed by atoms with Gasteiger partial charge in [-0.3, -0.25) is 4.79 Å². The number of hydrogen-bond donors (Lipinski definition) is 1. The van der Waals surface area contributed by atoms with Gasteiger partial charge in [-0.15, -0.1) is 12.6 Å². The molecule has 0 aliphatic heterocycles. The summed E-state index contributed by atoms with van der Waals surface area (Å²) >= 11 is 10.1. The predicted octanol–water partition coefficient (Wildman–Crippen LogP) is 4.62. The normalized spacial score (nSPS) is 11.2. The molecule has 0 aliphatic carbocycles. The van der Waals surface area contributed by atoms with Crippen molar-refractivity contribution in [2.45, 2.75) is 18.8 Å². The molecule has 104 valence electrons. The molecule has 0 unspecified atom stereocenters. The van der Waals surface area contributed by atoms with Crippen LogP contribution in [0.5, 0.6) is 5.75 Å². The summed E-state index contributed by atoms with van der Waals surface area (Å²) in [5.41, 5.74) is 1.22. The summed E-state index contributed by atoms with van der Waals surface area (Å²) < 4.78 is 5.59. The zero-order valence-corrected chi connectivity index (χ0v) is 12.9. The van der Waals surface area contributed by atoms with Crippen molar-refractivity contribution in [2.75, 3.05) is 0 Å². The number of carbonyl (C=O) groups is 1. The second-order valence-corrected chi connectivity index (χ2v) is 6.42. The number of ketones is 1. The fourth-order valence-corrected chi connectivity index (χ4v) is 1.96. The fraction of sp³-hybridized carbons (Fsp3) is 0.188. The molecule has 4 heteroatoms. The van der Waals surface area contributed by atoms with Crippen LogP contribution >= 0.6 is 24.2 Å². The molecule has 2 aromatic carbocycles. The highest BCUT2D eigenvalue weighted by Gasteiger charge is 2.14. The molecule has 0 heterocycles.